The Bertz CT molecular complexity index is 1040. The van der Waals surface area contributed by atoms with Crippen molar-refractivity contribution in [3.8, 4) is 11.1 Å². The molecule has 186 valence electrons. The summed E-state index contributed by atoms with van der Waals surface area (Å²) in [6.07, 6.45) is 2.69. The zero-order valence-electron chi connectivity index (χ0n) is 20.2. The lowest BCUT2D eigenvalue weighted by Crippen LogP contribution is -2.41. The largest absolute Gasteiger partial charge is 0.480 e. The maximum Gasteiger partial charge on any atom is 0.407 e. The SMILES string of the molecule is CC(C)(C)OC(=O)NCC/C=C/C[C@H](NC(=O)OCC1c2ccccc2-c2ccccc21)C(=O)O. The van der Waals surface area contributed by atoms with Gasteiger partial charge in [-0.1, -0.05) is 60.7 Å². The van der Waals surface area contributed by atoms with Gasteiger partial charge in [0.1, 0.15) is 18.2 Å². The fourth-order valence-electron chi connectivity index (χ4n) is 3.93. The molecule has 0 aliphatic heterocycles. The molecular weight excluding hydrogens is 448 g/mol. The van der Waals surface area contributed by atoms with Crippen molar-refractivity contribution in [3.05, 3.63) is 71.8 Å². The van der Waals surface area contributed by atoms with Crippen LogP contribution >= 0.6 is 0 Å². The summed E-state index contributed by atoms with van der Waals surface area (Å²) in [6.45, 7) is 5.80. The molecule has 1 aliphatic carbocycles. The number of carbonyl (C=O) groups is 3. The van der Waals surface area contributed by atoms with Crippen LogP contribution in [0, 0.1) is 0 Å². The molecule has 0 saturated heterocycles. The van der Waals surface area contributed by atoms with Crippen LogP contribution in [0.15, 0.2) is 60.7 Å². The first-order valence-electron chi connectivity index (χ1n) is 11.6. The molecule has 1 aliphatic rings. The van der Waals surface area contributed by atoms with Gasteiger partial charge in [-0.15, -0.1) is 0 Å². The topological polar surface area (TPSA) is 114 Å². The van der Waals surface area contributed by atoms with Crippen LogP contribution in [0.4, 0.5) is 9.59 Å². The highest BCUT2D eigenvalue weighted by atomic mass is 16.6. The highest BCUT2D eigenvalue weighted by molar-refractivity contribution is 5.81. The molecule has 3 rings (SSSR count). The Hall–Kier alpha value is -3.81. The second kappa shape index (κ2) is 11.6. The van der Waals surface area contributed by atoms with Crippen LogP contribution in [-0.4, -0.2) is 48.1 Å². The van der Waals surface area contributed by atoms with Crippen molar-refractivity contribution in [1.82, 2.24) is 10.6 Å². The van der Waals surface area contributed by atoms with Crippen LogP contribution in [0.1, 0.15) is 50.7 Å². The molecule has 2 amide bonds. The fourth-order valence-corrected chi connectivity index (χ4v) is 3.93. The molecule has 2 aromatic rings. The van der Waals surface area contributed by atoms with Crippen LogP contribution in [0.5, 0.6) is 0 Å². The Morgan fingerprint density at radius 2 is 1.57 bits per heavy atom. The molecule has 2 aromatic carbocycles. The highest BCUT2D eigenvalue weighted by Gasteiger charge is 2.29. The van der Waals surface area contributed by atoms with Gasteiger partial charge in [-0.3, -0.25) is 0 Å². The first-order valence-corrected chi connectivity index (χ1v) is 11.6. The van der Waals surface area contributed by atoms with E-state index in [1.165, 1.54) is 0 Å². The molecule has 0 spiro atoms. The molecule has 3 N–H and O–H groups in total. The predicted molar refractivity (Wildman–Crippen MR) is 132 cm³/mol. The molecule has 0 bridgehead atoms. The third-order valence-electron chi connectivity index (χ3n) is 5.45. The van der Waals surface area contributed by atoms with Crippen molar-refractivity contribution < 1.29 is 29.0 Å². The molecule has 0 fully saturated rings. The normalized spacial score (nSPS) is 13.6. The van der Waals surface area contributed by atoms with E-state index in [1.54, 1.807) is 32.9 Å². The molecule has 0 heterocycles. The van der Waals surface area contributed by atoms with E-state index in [0.717, 1.165) is 22.3 Å². The maximum absolute atomic E-state index is 12.4. The summed E-state index contributed by atoms with van der Waals surface area (Å²) in [7, 11) is 0. The number of rotatable bonds is 9. The fraction of sp³-hybridized carbons (Fsp3) is 0.370. The quantitative estimate of drug-likeness (QED) is 0.350. The minimum absolute atomic E-state index is 0.0893. The van der Waals surface area contributed by atoms with Crippen molar-refractivity contribution in [2.45, 2.75) is 51.2 Å². The van der Waals surface area contributed by atoms with Crippen LogP contribution in [0.3, 0.4) is 0 Å². The Balaban J connectivity index is 1.46. The number of fused-ring (bicyclic) bond motifs is 3. The summed E-state index contributed by atoms with van der Waals surface area (Å²) < 4.78 is 10.6. The molecule has 1 atom stereocenters. The number of alkyl carbamates (subject to hydrolysis) is 2. The Labute approximate surface area is 205 Å². The van der Waals surface area contributed by atoms with E-state index in [0.29, 0.717) is 13.0 Å². The zero-order valence-corrected chi connectivity index (χ0v) is 20.2. The number of aliphatic carboxylic acids is 1. The van der Waals surface area contributed by atoms with E-state index in [1.807, 2.05) is 48.5 Å². The number of hydrogen-bond acceptors (Lipinski definition) is 5. The molecule has 0 unspecified atom stereocenters. The molecule has 8 nitrogen and oxygen atoms in total. The number of benzene rings is 2. The third kappa shape index (κ3) is 7.34. The number of nitrogens with one attached hydrogen (secondary N) is 2. The lowest BCUT2D eigenvalue weighted by atomic mass is 9.98. The molecule has 35 heavy (non-hydrogen) atoms. The van der Waals surface area contributed by atoms with Gasteiger partial charge in [-0.05, 0) is 55.9 Å². The molecular formula is C27H32N2O6. The first kappa shape index (κ1) is 25.8. The second-order valence-electron chi connectivity index (χ2n) is 9.29. The average Bonchev–Trinajstić information content (AvgIpc) is 3.11. The van der Waals surface area contributed by atoms with E-state index in [-0.39, 0.29) is 18.9 Å². The van der Waals surface area contributed by atoms with Crippen molar-refractivity contribution in [3.63, 3.8) is 0 Å². The maximum atomic E-state index is 12.4. The standard InChI is InChI=1S/C27H32N2O6/c1-27(2,3)35-25(32)28-16-10-4-5-15-23(24(30)31)29-26(33)34-17-22-20-13-8-6-11-18(20)19-12-7-9-14-21(19)22/h4-9,11-14,22-23H,10,15-17H2,1-3H3,(H,28,32)(H,29,33)(H,30,31)/b5-4+/t23-/m0/s1. The summed E-state index contributed by atoms with van der Waals surface area (Å²) in [5, 5.41) is 14.5. The van der Waals surface area contributed by atoms with Gasteiger partial charge in [0.15, 0.2) is 0 Å². The van der Waals surface area contributed by atoms with Crippen molar-refractivity contribution in [2.24, 2.45) is 0 Å². The summed E-state index contributed by atoms with van der Waals surface area (Å²) in [5.41, 5.74) is 3.83. The lowest BCUT2D eigenvalue weighted by molar-refractivity contribution is -0.139. The minimum Gasteiger partial charge on any atom is -0.480 e. The number of carboxylic acids is 1. The predicted octanol–water partition coefficient (Wildman–Crippen LogP) is 4.84. The van der Waals surface area contributed by atoms with Gasteiger partial charge in [0.25, 0.3) is 0 Å². The summed E-state index contributed by atoms with van der Waals surface area (Å²) in [6, 6.07) is 14.9. The summed E-state index contributed by atoms with van der Waals surface area (Å²) in [4.78, 5) is 35.6. The van der Waals surface area contributed by atoms with Crippen molar-refractivity contribution >= 4 is 18.2 Å². The molecule has 0 radical (unpaired) electrons. The monoisotopic (exact) mass is 480 g/mol. The van der Waals surface area contributed by atoms with Gasteiger partial charge in [0.05, 0.1) is 0 Å². The smallest absolute Gasteiger partial charge is 0.407 e. The summed E-state index contributed by atoms with van der Waals surface area (Å²) in [5.74, 6) is -1.26. The van der Waals surface area contributed by atoms with Crippen molar-refractivity contribution in [1.29, 1.82) is 0 Å². The Kier molecular flexibility index (Phi) is 8.52. The van der Waals surface area contributed by atoms with E-state index >= 15 is 0 Å². The van der Waals surface area contributed by atoms with Gasteiger partial charge in [-0.2, -0.15) is 0 Å². The third-order valence-corrected chi connectivity index (χ3v) is 5.45. The number of amides is 2. The van der Waals surface area contributed by atoms with Gasteiger partial charge < -0.3 is 25.2 Å². The second-order valence-corrected chi connectivity index (χ2v) is 9.29. The number of hydrogen-bond donors (Lipinski definition) is 3. The van der Waals surface area contributed by atoms with Crippen LogP contribution in [-0.2, 0) is 14.3 Å². The lowest BCUT2D eigenvalue weighted by Gasteiger charge is -2.19. The van der Waals surface area contributed by atoms with Gasteiger partial charge >= 0.3 is 18.2 Å². The molecule has 0 saturated carbocycles. The van der Waals surface area contributed by atoms with E-state index in [2.05, 4.69) is 10.6 Å². The van der Waals surface area contributed by atoms with Gasteiger partial charge in [-0.25, -0.2) is 14.4 Å². The molecule has 0 aromatic heterocycles. The minimum atomic E-state index is -1.16. The van der Waals surface area contributed by atoms with E-state index < -0.39 is 29.8 Å². The number of carboxylic acid groups (broad SMARTS) is 1. The highest BCUT2D eigenvalue weighted by Crippen LogP contribution is 2.44. The number of carbonyl (C=O) groups excluding carboxylic acids is 2. The van der Waals surface area contributed by atoms with Gasteiger partial charge in [0, 0.05) is 12.5 Å². The van der Waals surface area contributed by atoms with E-state index in [4.69, 9.17) is 9.47 Å². The van der Waals surface area contributed by atoms with Crippen LogP contribution in [0.2, 0.25) is 0 Å². The van der Waals surface area contributed by atoms with Crippen molar-refractivity contribution in [2.75, 3.05) is 13.2 Å². The summed E-state index contributed by atoms with van der Waals surface area (Å²) >= 11 is 0. The first-order chi connectivity index (χ1) is 16.7. The van der Waals surface area contributed by atoms with Gasteiger partial charge in [0.2, 0.25) is 0 Å². The molecule has 8 heteroatoms. The Morgan fingerprint density at radius 3 is 2.14 bits per heavy atom. The van der Waals surface area contributed by atoms with Crippen LogP contribution in [0.25, 0.3) is 11.1 Å². The zero-order chi connectivity index (χ0) is 25.4. The Morgan fingerprint density at radius 1 is 0.971 bits per heavy atom. The van der Waals surface area contributed by atoms with E-state index in [9.17, 15) is 19.5 Å². The van der Waals surface area contributed by atoms with Crippen LogP contribution < -0.4 is 10.6 Å². The number of ether oxygens (including phenoxy) is 2. The average molecular weight is 481 g/mol.